The van der Waals surface area contributed by atoms with Gasteiger partial charge < -0.3 is 0 Å². The Morgan fingerprint density at radius 3 is 2.75 bits per heavy atom. The molecule has 6 nitrogen and oxygen atoms in total. The maximum atomic E-state index is 12.8. The third kappa shape index (κ3) is 3.47. The molecule has 0 saturated heterocycles. The van der Waals surface area contributed by atoms with Gasteiger partial charge in [0.15, 0.2) is 5.65 Å². The minimum Gasteiger partial charge on any atom is -0.261 e. The number of H-pyrrole nitrogens is 1. The van der Waals surface area contributed by atoms with Crippen molar-refractivity contribution in [3.63, 3.8) is 0 Å². The van der Waals surface area contributed by atoms with Gasteiger partial charge >= 0.3 is 6.18 Å². The first kappa shape index (κ1) is 19.2. The van der Waals surface area contributed by atoms with Crippen LogP contribution in [0, 0.1) is 0 Å². The molecule has 11 heteroatoms. The highest BCUT2D eigenvalue weighted by atomic mass is 35.5. The van der Waals surface area contributed by atoms with Gasteiger partial charge in [0.05, 0.1) is 16.8 Å². The molecule has 1 aromatic carbocycles. The Labute approximate surface area is 163 Å². The van der Waals surface area contributed by atoms with Gasteiger partial charge in [0.25, 0.3) is 0 Å². The van der Waals surface area contributed by atoms with Crippen molar-refractivity contribution in [3.05, 3.63) is 52.3 Å². The maximum Gasteiger partial charge on any atom is 0.416 e. The second-order valence-corrected chi connectivity index (χ2v) is 8.69. The standard InChI is InChI=1S/C17H14ClF3N4O2S/c18-14-6-10(17(19,20)21)1-4-15(14)28(26,27)25-11-2-3-12-9(5-11)7-22-16-13(12)8-23-24-16/h1,4,6-8,11,25H,2-3,5H2,(H,22,23,24). The zero-order chi connectivity index (χ0) is 20.1. The number of hydrogen-bond acceptors (Lipinski definition) is 4. The van der Waals surface area contributed by atoms with Crippen LogP contribution in [-0.2, 0) is 29.0 Å². The number of halogens is 4. The molecule has 28 heavy (non-hydrogen) atoms. The van der Waals surface area contributed by atoms with Gasteiger partial charge in [-0.2, -0.15) is 18.3 Å². The zero-order valence-corrected chi connectivity index (χ0v) is 15.8. The van der Waals surface area contributed by atoms with Crippen molar-refractivity contribution >= 4 is 32.7 Å². The molecule has 2 N–H and O–H groups in total. The van der Waals surface area contributed by atoms with Gasteiger partial charge in [-0.25, -0.2) is 18.1 Å². The molecule has 2 heterocycles. The lowest BCUT2D eigenvalue weighted by Gasteiger charge is -2.25. The predicted molar refractivity (Wildman–Crippen MR) is 96.5 cm³/mol. The molecule has 148 valence electrons. The molecule has 0 aliphatic heterocycles. The minimum absolute atomic E-state index is 0.378. The third-order valence-electron chi connectivity index (χ3n) is 4.76. The number of aromatic amines is 1. The number of hydrogen-bond donors (Lipinski definition) is 2. The van der Waals surface area contributed by atoms with E-state index in [1.165, 1.54) is 0 Å². The molecule has 1 aliphatic carbocycles. The van der Waals surface area contributed by atoms with E-state index in [2.05, 4.69) is 19.9 Å². The number of pyridine rings is 1. The highest BCUT2D eigenvalue weighted by Crippen LogP contribution is 2.34. The van der Waals surface area contributed by atoms with Crippen molar-refractivity contribution in [2.45, 2.75) is 36.4 Å². The number of nitrogens with one attached hydrogen (secondary N) is 2. The lowest BCUT2D eigenvalue weighted by atomic mass is 9.88. The normalized spacial score (nSPS) is 17.6. The minimum atomic E-state index is -4.60. The first-order valence-electron chi connectivity index (χ1n) is 8.34. The summed E-state index contributed by atoms with van der Waals surface area (Å²) >= 11 is 5.83. The van der Waals surface area contributed by atoms with Crippen molar-refractivity contribution in [3.8, 4) is 0 Å². The topological polar surface area (TPSA) is 87.7 Å². The summed E-state index contributed by atoms with van der Waals surface area (Å²) in [5.41, 5.74) is 1.65. The lowest BCUT2D eigenvalue weighted by molar-refractivity contribution is -0.137. The Balaban J connectivity index is 1.57. The van der Waals surface area contributed by atoms with E-state index >= 15 is 0 Å². The summed E-state index contributed by atoms with van der Waals surface area (Å²) in [5.74, 6) is 0. The number of fused-ring (bicyclic) bond motifs is 3. The van der Waals surface area contributed by atoms with E-state index in [9.17, 15) is 21.6 Å². The average Bonchev–Trinajstić information content (AvgIpc) is 3.09. The molecule has 1 aliphatic rings. The molecule has 1 atom stereocenters. The van der Waals surface area contributed by atoms with E-state index < -0.39 is 32.8 Å². The Morgan fingerprint density at radius 1 is 1.25 bits per heavy atom. The second-order valence-electron chi connectivity index (χ2n) is 6.60. The van der Waals surface area contributed by atoms with Crippen LogP contribution in [0.4, 0.5) is 13.2 Å². The Kier molecular flexibility index (Phi) is 4.59. The molecule has 0 bridgehead atoms. The molecule has 4 rings (SSSR count). The summed E-state index contributed by atoms with van der Waals surface area (Å²) < 4.78 is 66.1. The number of alkyl halides is 3. The molecule has 1 unspecified atom stereocenters. The van der Waals surface area contributed by atoms with Crippen LogP contribution >= 0.6 is 11.6 Å². The largest absolute Gasteiger partial charge is 0.416 e. The zero-order valence-electron chi connectivity index (χ0n) is 14.2. The third-order valence-corrected chi connectivity index (χ3v) is 6.76. The summed E-state index contributed by atoms with van der Waals surface area (Å²) in [7, 11) is -4.08. The van der Waals surface area contributed by atoms with Crippen LogP contribution in [0.2, 0.25) is 5.02 Å². The Hall–Kier alpha value is -2.17. The summed E-state index contributed by atoms with van der Waals surface area (Å²) in [6, 6.07) is 1.78. The number of aromatic nitrogens is 3. The Bertz CT molecular complexity index is 1160. The quantitative estimate of drug-likeness (QED) is 0.666. The SMILES string of the molecule is O=S(=O)(NC1CCc2c(cnc3[nH]ncc23)C1)c1ccc(C(F)(F)F)cc1Cl. The summed E-state index contributed by atoms with van der Waals surface area (Å²) in [4.78, 5) is 3.89. The number of aryl methyl sites for hydroxylation is 1. The fourth-order valence-electron chi connectivity index (χ4n) is 3.43. The van der Waals surface area contributed by atoms with Crippen LogP contribution < -0.4 is 4.72 Å². The van der Waals surface area contributed by atoms with Crippen LogP contribution in [0.25, 0.3) is 11.0 Å². The van der Waals surface area contributed by atoms with Crippen LogP contribution in [0.1, 0.15) is 23.1 Å². The van der Waals surface area contributed by atoms with Gasteiger partial charge in [-0.3, -0.25) is 5.10 Å². The van der Waals surface area contributed by atoms with E-state index in [0.29, 0.717) is 37.0 Å². The lowest BCUT2D eigenvalue weighted by Crippen LogP contribution is -2.39. The molecule has 0 saturated carbocycles. The summed E-state index contributed by atoms with van der Waals surface area (Å²) in [6.45, 7) is 0. The van der Waals surface area contributed by atoms with E-state index in [1.807, 2.05) is 0 Å². The number of rotatable bonds is 3. The number of benzene rings is 1. The van der Waals surface area contributed by atoms with Crippen molar-refractivity contribution in [2.24, 2.45) is 0 Å². The van der Waals surface area contributed by atoms with E-state index in [1.54, 1.807) is 12.4 Å². The van der Waals surface area contributed by atoms with Crippen LogP contribution in [0.3, 0.4) is 0 Å². The Morgan fingerprint density at radius 2 is 2.04 bits per heavy atom. The average molecular weight is 431 g/mol. The smallest absolute Gasteiger partial charge is 0.261 e. The molecule has 0 radical (unpaired) electrons. The fourth-order valence-corrected chi connectivity index (χ4v) is 5.24. The monoisotopic (exact) mass is 430 g/mol. The van der Waals surface area contributed by atoms with E-state index in [4.69, 9.17) is 11.6 Å². The van der Waals surface area contributed by atoms with Gasteiger partial charge in [0, 0.05) is 17.6 Å². The van der Waals surface area contributed by atoms with Crippen LogP contribution in [-0.4, -0.2) is 29.6 Å². The van der Waals surface area contributed by atoms with Crippen molar-refractivity contribution in [2.75, 3.05) is 0 Å². The van der Waals surface area contributed by atoms with Crippen molar-refractivity contribution in [1.29, 1.82) is 0 Å². The molecule has 0 amide bonds. The van der Waals surface area contributed by atoms with Crippen molar-refractivity contribution in [1.82, 2.24) is 19.9 Å². The fraction of sp³-hybridized carbons (Fsp3) is 0.294. The molecular weight excluding hydrogens is 417 g/mol. The van der Waals surface area contributed by atoms with E-state index in [-0.39, 0.29) is 4.90 Å². The number of nitrogens with zero attached hydrogens (tertiary/aromatic N) is 2. The number of sulfonamides is 1. The van der Waals surface area contributed by atoms with Gasteiger partial charge in [0.1, 0.15) is 4.90 Å². The molecule has 0 fully saturated rings. The highest BCUT2D eigenvalue weighted by molar-refractivity contribution is 7.89. The summed E-state index contributed by atoms with van der Waals surface area (Å²) in [6.07, 6.45) is 0.352. The maximum absolute atomic E-state index is 12.8. The van der Waals surface area contributed by atoms with Gasteiger partial charge in [-0.05, 0) is 48.6 Å². The van der Waals surface area contributed by atoms with E-state index in [0.717, 1.165) is 22.6 Å². The first-order chi connectivity index (χ1) is 13.1. The molecule has 2 aromatic heterocycles. The summed E-state index contributed by atoms with van der Waals surface area (Å²) in [5, 5.41) is 7.20. The van der Waals surface area contributed by atoms with Gasteiger partial charge in [0.2, 0.25) is 10.0 Å². The van der Waals surface area contributed by atoms with Crippen molar-refractivity contribution < 1.29 is 21.6 Å². The second kappa shape index (κ2) is 6.71. The predicted octanol–water partition coefficient (Wildman–Crippen LogP) is 3.47. The van der Waals surface area contributed by atoms with Crippen LogP contribution in [0.5, 0.6) is 0 Å². The van der Waals surface area contributed by atoms with Gasteiger partial charge in [-0.1, -0.05) is 11.6 Å². The van der Waals surface area contributed by atoms with Crippen LogP contribution in [0.15, 0.2) is 35.5 Å². The molecule has 0 spiro atoms. The highest BCUT2D eigenvalue weighted by Gasteiger charge is 2.33. The first-order valence-corrected chi connectivity index (χ1v) is 10.2. The molecular formula is C17H14ClF3N4O2S. The molecule has 3 aromatic rings. The van der Waals surface area contributed by atoms with Gasteiger partial charge in [-0.15, -0.1) is 0 Å².